The van der Waals surface area contributed by atoms with E-state index in [-0.39, 0.29) is 36.4 Å². The molecule has 0 saturated carbocycles. The summed E-state index contributed by atoms with van der Waals surface area (Å²) in [5.74, 6) is -1.85. The molecule has 0 bridgehead atoms. The molecule has 21 heavy (non-hydrogen) atoms. The van der Waals surface area contributed by atoms with Crippen molar-refractivity contribution < 1.29 is 18.4 Å². The van der Waals surface area contributed by atoms with E-state index in [4.69, 9.17) is 0 Å². The van der Waals surface area contributed by atoms with Gasteiger partial charge in [0, 0.05) is 24.7 Å². The average molecular weight is 296 g/mol. The van der Waals surface area contributed by atoms with Crippen LogP contribution in [0.25, 0.3) is 0 Å². The molecule has 1 aromatic rings. The predicted octanol–water partition coefficient (Wildman–Crippen LogP) is 2.23. The van der Waals surface area contributed by atoms with Gasteiger partial charge in [-0.15, -0.1) is 0 Å². The van der Waals surface area contributed by atoms with Crippen LogP contribution in [-0.4, -0.2) is 24.4 Å². The van der Waals surface area contributed by atoms with Gasteiger partial charge in [0.25, 0.3) is 0 Å². The lowest BCUT2D eigenvalue weighted by molar-refractivity contribution is -0.125. The number of nitrogens with one attached hydrogen (secondary N) is 1. The summed E-state index contributed by atoms with van der Waals surface area (Å²) in [6, 6.07) is 2.29. The predicted molar refractivity (Wildman–Crippen MR) is 74.7 cm³/mol. The van der Waals surface area contributed by atoms with E-state index in [0.717, 1.165) is 18.2 Å². The molecule has 2 rings (SSSR count). The van der Waals surface area contributed by atoms with Gasteiger partial charge in [-0.3, -0.25) is 9.59 Å². The van der Waals surface area contributed by atoms with Crippen molar-refractivity contribution in [2.24, 2.45) is 5.92 Å². The number of hydrogen-bond acceptors (Lipinski definition) is 2. The Kier molecular flexibility index (Phi) is 4.55. The molecule has 1 fully saturated rings. The van der Waals surface area contributed by atoms with Crippen molar-refractivity contribution in [2.75, 3.05) is 11.4 Å². The lowest BCUT2D eigenvalue weighted by Crippen LogP contribution is -2.45. The van der Waals surface area contributed by atoms with E-state index in [0.29, 0.717) is 6.42 Å². The molecule has 2 amide bonds. The van der Waals surface area contributed by atoms with E-state index in [1.807, 2.05) is 13.8 Å². The van der Waals surface area contributed by atoms with Crippen LogP contribution in [0.4, 0.5) is 14.5 Å². The van der Waals surface area contributed by atoms with Crippen LogP contribution in [0.1, 0.15) is 26.7 Å². The zero-order valence-corrected chi connectivity index (χ0v) is 12.0. The van der Waals surface area contributed by atoms with Crippen molar-refractivity contribution >= 4 is 17.5 Å². The second kappa shape index (κ2) is 6.20. The molecule has 0 spiro atoms. The topological polar surface area (TPSA) is 49.4 Å². The number of benzene rings is 1. The van der Waals surface area contributed by atoms with Crippen molar-refractivity contribution in [1.29, 1.82) is 0 Å². The SMILES string of the molecule is CC(C)CC1NC(=O)CCN(c2cc(F)cc(F)c2)C1=O. The Bertz CT molecular complexity index is 540. The molecule has 1 heterocycles. The first kappa shape index (κ1) is 15.4. The molecular formula is C15H18F2N2O2. The van der Waals surface area contributed by atoms with E-state index < -0.39 is 17.7 Å². The van der Waals surface area contributed by atoms with E-state index in [9.17, 15) is 18.4 Å². The van der Waals surface area contributed by atoms with Crippen LogP contribution >= 0.6 is 0 Å². The van der Waals surface area contributed by atoms with Gasteiger partial charge >= 0.3 is 0 Å². The van der Waals surface area contributed by atoms with Crippen LogP contribution in [0, 0.1) is 17.6 Å². The van der Waals surface area contributed by atoms with Crippen LogP contribution in [0.5, 0.6) is 0 Å². The number of carbonyl (C=O) groups is 2. The van der Waals surface area contributed by atoms with E-state index >= 15 is 0 Å². The van der Waals surface area contributed by atoms with Gasteiger partial charge in [0.1, 0.15) is 17.7 Å². The number of amides is 2. The van der Waals surface area contributed by atoms with E-state index in [1.165, 1.54) is 4.90 Å². The number of anilines is 1. The summed E-state index contributed by atoms with van der Waals surface area (Å²) in [5.41, 5.74) is 0.141. The van der Waals surface area contributed by atoms with Gasteiger partial charge in [0.15, 0.2) is 0 Å². The monoisotopic (exact) mass is 296 g/mol. The molecule has 1 aromatic carbocycles. The zero-order chi connectivity index (χ0) is 15.6. The van der Waals surface area contributed by atoms with Gasteiger partial charge in [0.05, 0.1) is 0 Å². The van der Waals surface area contributed by atoms with Gasteiger partial charge in [-0.2, -0.15) is 0 Å². The number of nitrogens with zero attached hydrogens (tertiary/aromatic N) is 1. The molecule has 1 unspecified atom stereocenters. The fourth-order valence-electron chi connectivity index (χ4n) is 2.42. The molecule has 1 N–H and O–H groups in total. The average Bonchev–Trinajstić information content (AvgIpc) is 2.48. The highest BCUT2D eigenvalue weighted by Gasteiger charge is 2.31. The van der Waals surface area contributed by atoms with Crippen molar-refractivity contribution in [3.63, 3.8) is 0 Å². The van der Waals surface area contributed by atoms with Gasteiger partial charge in [0.2, 0.25) is 11.8 Å². The molecule has 6 heteroatoms. The highest BCUT2D eigenvalue weighted by Crippen LogP contribution is 2.22. The zero-order valence-electron chi connectivity index (χ0n) is 12.0. The molecule has 4 nitrogen and oxygen atoms in total. The first-order valence-electron chi connectivity index (χ1n) is 6.93. The minimum atomic E-state index is -0.748. The number of rotatable bonds is 3. The van der Waals surface area contributed by atoms with E-state index in [2.05, 4.69) is 5.32 Å². The summed E-state index contributed by atoms with van der Waals surface area (Å²) in [7, 11) is 0. The Hall–Kier alpha value is -1.98. The molecule has 0 aliphatic carbocycles. The number of carbonyl (C=O) groups excluding carboxylic acids is 2. The highest BCUT2D eigenvalue weighted by molar-refractivity contribution is 6.01. The smallest absolute Gasteiger partial charge is 0.249 e. The summed E-state index contributed by atoms with van der Waals surface area (Å²) in [4.78, 5) is 25.5. The van der Waals surface area contributed by atoms with Crippen LogP contribution in [-0.2, 0) is 9.59 Å². The summed E-state index contributed by atoms with van der Waals surface area (Å²) < 4.78 is 26.7. The summed E-state index contributed by atoms with van der Waals surface area (Å²) >= 11 is 0. The van der Waals surface area contributed by atoms with Crippen LogP contribution in [0.3, 0.4) is 0 Å². The Labute approximate surface area is 122 Å². The lowest BCUT2D eigenvalue weighted by Gasteiger charge is -2.25. The summed E-state index contributed by atoms with van der Waals surface area (Å²) in [5, 5.41) is 2.67. The minimum absolute atomic E-state index is 0.110. The maximum absolute atomic E-state index is 13.3. The third-order valence-corrected chi connectivity index (χ3v) is 3.33. The van der Waals surface area contributed by atoms with E-state index in [1.54, 1.807) is 0 Å². The first-order valence-corrected chi connectivity index (χ1v) is 6.93. The quantitative estimate of drug-likeness (QED) is 0.930. The summed E-state index contributed by atoms with van der Waals surface area (Å²) in [6.45, 7) is 4.00. The second-order valence-electron chi connectivity index (χ2n) is 5.62. The second-order valence-corrected chi connectivity index (χ2v) is 5.62. The maximum atomic E-state index is 13.3. The fraction of sp³-hybridized carbons (Fsp3) is 0.467. The molecule has 1 saturated heterocycles. The largest absolute Gasteiger partial charge is 0.344 e. The third-order valence-electron chi connectivity index (χ3n) is 3.33. The molecule has 1 aliphatic heterocycles. The van der Waals surface area contributed by atoms with Gasteiger partial charge in [-0.05, 0) is 24.5 Å². The van der Waals surface area contributed by atoms with Crippen molar-refractivity contribution in [1.82, 2.24) is 5.32 Å². The van der Waals surface area contributed by atoms with Gasteiger partial charge in [-0.25, -0.2) is 8.78 Å². The lowest BCUT2D eigenvalue weighted by atomic mass is 10.0. The molecule has 114 valence electrons. The maximum Gasteiger partial charge on any atom is 0.249 e. The van der Waals surface area contributed by atoms with Crippen molar-refractivity contribution in [2.45, 2.75) is 32.7 Å². The summed E-state index contributed by atoms with van der Waals surface area (Å²) in [6.07, 6.45) is 0.595. The fourth-order valence-corrected chi connectivity index (χ4v) is 2.42. The molecular weight excluding hydrogens is 278 g/mol. The van der Waals surface area contributed by atoms with Gasteiger partial charge in [-0.1, -0.05) is 13.8 Å². The molecule has 1 atom stereocenters. The number of halogens is 2. The van der Waals surface area contributed by atoms with Crippen LogP contribution < -0.4 is 10.2 Å². The number of hydrogen-bond donors (Lipinski definition) is 1. The third kappa shape index (κ3) is 3.77. The molecule has 0 aromatic heterocycles. The van der Waals surface area contributed by atoms with Crippen LogP contribution in [0.2, 0.25) is 0 Å². The standard InChI is InChI=1S/C15H18F2N2O2/c1-9(2)5-13-15(21)19(4-3-14(20)18-13)12-7-10(16)6-11(17)8-12/h6-9,13H,3-5H2,1-2H3,(H,18,20). The minimum Gasteiger partial charge on any atom is -0.344 e. The first-order chi connectivity index (χ1) is 9.86. The normalized spacial score (nSPS) is 19.7. The van der Waals surface area contributed by atoms with Crippen LogP contribution in [0.15, 0.2) is 18.2 Å². The van der Waals surface area contributed by atoms with Gasteiger partial charge < -0.3 is 10.2 Å². The Morgan fingerprint density at radius 1 is 1.24 bits per heavy atom. The molecule has 0 radical (unpaired) electrons. The Balaban J connectivity index is 2.32. The Morgan fingerprint density at radius 3 is 2.43 bits per heavy atom. The Morgan fingerprint density at radius 2 is 1.86 bits per heavy atom. The molecule has 1 aliphatic rings. The van der Waals surface area contributed by atoms with Crippen molar-refractivity contribution in [3.05, 3.63) is 29.8 Å². The highest BCUT2D eigenvalue weighted by atomic mass is 19.1. The van der Waals surface area contributed by atoms with Crippen molar-refractivity contribution in [3.8, 4) is 0 Å².